The second kappa shape index (κ2) is 6.80. The minimum absolute atomic E-state index is 0.00602. The van der Waals surface area contributed by atoms with E-state index in [1.165, 1.54) is 0 Å². The standard InChI is InChI=1S/C22H22O/c1-2-21(18-12-6-3-7-13-18)22(23,19-14-8-4-9-15-19)20-16-10-5-11-17-20/h3-17,21,23H,2H2,1H3. The van der Waals surface area contributed by atoms with E-state index in [0.29, 0.717) is 0 Å². The van der Waals surface area contributed by atoms with Crippen molar-refractivity contribution < 1.29 is 5.11 Å². The summed E-state index contributed by atoms with van der Waals surface area (Å²) in [5.41, 5.74) is 1.98. The summed E-state index contributed by atoms with van der Waals surface area (Å²) >= 11 is 0. The van der Waals surface area contributed by atoms with Gasteiger partial charge in [-0.05, 0) is 23.1 Å². The maximum atomic E-state index is 11.9. The van der Waals surface area contributed by atoms with Crippen molar-refractivity contribution in [2.24, 2.45) is 0 Å². The van der Waals surface area contributed by atoms with E-state index in [0.717, 1.165) is 23.1 Å². The molecule has 0 radical (unpaired) electrons. The molecular weight excluding hydrogens is 280 g/mol. The van der Waals surface area contributed by atoms with Crippen molar-refractivity contribution in [1.82, 2.24) is 0 Å². The van der Waals surface area contributed by atoms with Crippen molar-refractivity contribution in [3.05, 3.63) is 108 Å². The third kappa shape index (κ3) is 2.93. The van der Waals surface area contributed by atoms with Gasteiger partial charge in [0, 0.05) is 5.92 Å². The van der Waals surface area contributed by atoms with Gasteiger partial charge in [0.15, 0.2) is 0 Å². The lowest BCUT2D eigenvalue weighted by atomic mass is 9.72. The Morgan fingerprint density at radius 2 is 1.09 bits per heavy atom. The lowest BCUT2D eigenvalue weighted by Crippen LogP contribution is -2.34. The third-order valence-corrected chi connectivity index (χ3v) is 4.54. The molecule has 1 N–H and O–H groups in total. The van der Waals surface area contributed by atoms with Gasteiger partial charge in [0.2, 0.25) is 0 Å². The quantitative estimate of drug-likeness (QED) is 0.694. The van der Waals surface area contributed by atoms with E-state index in [4.69, 9.17) is 0 Å². The van der Waals surface area contributed by atoms with Crippen molar-refractivity contribution in [3.63, 3.8) is 0 Å². The molecule has 0 saturated carbocycles. The predicted molar refractivity (Wildman–Crippen MR) is 95.4 cm³/mol. The van der Waals surface area contributed by atoms with E-state index < -0.39 is 5.60 Å². The summed E-state index contributed by atoms with van der Waals surface area (Å²) in [6.07, 6.45) is 0.851. The SMILES string of the molecule is CCC(c1ccccc1)C(O)(c1ccccc1)c1ccccc1. The zero-order valence-corrected chi connectivity index (χ0v) is 13.4. The van der Waals surface area contributed by atoms with Crippen LogP contribution in [0.25, 0.3) is 0 Å². The highest BCUT2D eigenvalue weighted by molar-refractivity contribution is 5.41. The van der Waals surface area contributed by atoms with Crippen LogP contribution in [0.3, 0.4) is 0 Å². The van der Waals surface area contributed by atoms with E-state index >= 15 is 0 Å². The van der Waals surface area contributed by atoms with E-state index in [1.54, 1.807) is 0 Å². The Hall–Kier alpha value is -2.38. The Morgan fingerprint density at radius 3 is 1.48 bits per heavy atom. The first-order chi connectivity index (χ1) is 11.3. The van der Waals surface area contributed by atoms with Gasteiger partial charge >= 0.3 is 0 Å². The van der Waals surface area contributed by atoms with Crippen LogP contribution >= 0.6 is 0 Å². The first kappa shape index (κ1) is 15.5. The zero-order valence-electron chi connectivity index (χ0n) is 13.4. The van der Waals surface area contributed by atoms with Crippen LogP contribution in [0.4, 0.5) is 0 Å². The Bertz CT molecular complexity index is 680. The fraction of sp³-hybridized carbons (Fsp3) is 0.182. The van der Waals surface area contributed by atoms with E-state index in [1.807, 2.05) is 78.9 Å². The first-order valence-electron chi connectivity index (χ1n) is 8.15. The van der Waals surface area contributed by atoms with Crippen LogP contribution in [-0.2, 0) is 5.60 Å². The smallest absolute Gasteiger partial charge is 0.121 e. The Morgan fingerprint density at radius 1 is 0.696 bits per heavy atom. The number of aliphatic hydroxyl groups is 1. The molecule has 0 aliphatic rings. The maximum absolute atomic E-state index is 11.9. The van der Waals surface area contributed by atoms with Gasteiger partial charge in [-0.1, -0.05) is 97.9 Å². The molecule has 0 bridgehead atoms. The molecule has 0 amide bonds. The van der Waals surface area contributed by atoms with Crippen molar-refractivity contribution in [3.8, 4) is 0 Å². The summed E-state index contributed by atoms with van der Waals surface area (Å²) in [7, 11) is 0. The van der Waals surface area contributed by atoms with Gasteiger partial charge < -0.3 is 5.11 Å². The van der Waals surface area contributed by atoms with Crippen LogP contribution in [-0.4, -0.2) is 5.11 Å². The Balaban J connectivity index is 2.19. The minimum Gasteiger partial charge on any atom is -0.380 e. The molecular formula is C22H22O. The Kier molecular flexibility index (Phi) is 4.59. The summed E-state index contributed by atoms with van der Waals surface area (Å²) < 4.78 is 0. The van der Waals surface area contributed by atoms with Crippen LogP contribution < -0.4 is 0 Å². The molecule has 1 unspecified atom stereocenters. The summed E-state index contributed by atoms with van der Waals surface area (Å²) in [6.45, 7) is 2.13. The summed E-state index contributed by atoms with van der Waals surface area (Å²) in [5, 5.41) is 11.9. The fourth-order valence-electron chi connectivity index (χ4n) is 3.41. The lowest BCUT2D eigenvalue weighted by Gasteiger charge is -2.37. The van der Waals surface area contributed by atoms with Crippen LogP contribution in [0, 0.1) is 0 Å². The highest BCUT2D eigenvalue weighted by Crippen LogP contribution is 2.44. The Labute approximate surface area is 138 Å². The maximum Gasteiger partial charge on any atom is 0.121 e. The van der Waals surface area contributed by atoms with Crippen molar-refractivity contribution in [2.75, 3.05) is 0 Å². The molecule has 0 heterocycles. The number of rotatable bonds is 5. The second-order valence-electron chi connectivity index (χ2n) is 5.87. The number of hydrogen-bond donors (Lipinski definition) is 1. The highest BCUT2D eigenvalue weighted by Gasteiger charge is 2.39. The number of benzene rings is 3. The van der Waals surface area contributed by atoms with Gasteiger partial charge in [0.1, 0.15) is 5.60 Å². The third-order valence-electron chi connectivity index (χ3n) is 4.54. The average molecular weight is 302 g/mol. The summed E-state index contributed by atoms with van der Waals surface area (Å²) in [5.74, 6) is -0.00602. The van der Waals surface area contributed by atoms with Gasteiger partial charge in [-0.2, -0.15) is 0 Å². The molecule has 3 aromatic rings. The summed E-state index contributed by atoms with van der Waals surface area (Å²) in [4.78, 5) is 0. The van der Waals surface area contributed by atoms with Crippen LogP contribution in [0.1, 0.15) is 36.0 Å². The van der Waals surface area contributed by atoms with Crippen molar-refractivity contribution in [1.29, 1.82) is 0 Å². The molecule has 0 fully saturated rings. The lowest BCUT2D eigenvalue weighted by molar-refractivity contribution is 0.0477. The molecule has 1 atom stereocenters. The number of hydrogen-bond acceptors (Lipinski definition) is 1. The van der Waals surface area contributed by atoms with Crippen LogP contribution in [0.15, 0.2) is 91.0 Å². The molecule has 116 valence electrons. The van der Waals surface area contributed by atoms with Gasteiger partial charge in [-0.3, -0.25) is 0 Å². The monoisotopic (exact) mass is 302 g/mol. The normalized spacial score (nSPS) is 12.8. The molecule has 1 nitrogen and oxygen atoms in total. The van der Waals surface area contributed by atoms with Gasteiger partial charge in [0.05, 0.1) is 0 Å². The molecule has 0 aromatic heterocycles. The minimum atomic E-state index is -1.04. The highest BCUT2D eigenvalue weighted by atomic mass is 16.3. The molecule has 0 aliphatic carbocycles. The van der Waals surface area contributed by atoms with Crippen LogP contribution in [0.5, 0.6) is 0 Å². The van der Waals surface area contributed by atoms with Gasteiger partial charge in [-0.25, -0.2) is 0 Å². The molecule has 3 aromatic carbocycles. The molecule has 3 rings (SSSR count). The fourth-order valence-corrected chi connectivity index (χ4v) is 3.41. The van der Waals surface area contributed by atoms with E-state index in [2.05, 4.69) is 19.1 Å². The topological polar surface area (TPSA) is 20.2 Å². The largest absolute Gasteiger partial charge is 0.380 e. The van der Waals surface area contributed by atoms with Gasteiger partial charge in [0.25, 0.3) is 0 Å². The van der Waals surface area contributed by atoms with Crippen LogP contribution in [0.2, 0.25) is 0 Å². The van der Waals surface area contributed by atoms with Crippen molar-refractivity contribution >= 4 is 0 Å². The molecule has 0 spiro atoms. The van der Waals surface area contributed by atoms with E-state index in [9.17, 15) is 5.11 Å². The molecule has 23 heavy (non-hydrogen) atoms. The molecule has 0 saturated heterocycles. The first-order valence-corrected chi connectivity index (χ1v) is 8.15. The molecule has 0 aliphatic heterocycles. The average Bonchev–Trinajstić information content (AvgIpc) is 2.64. The molecule has 1 heteroatoms. The van der Waals surface area contributed by atoms with Gasteiger partial charge in [-0.15, -0.1) is 0 Å². The predicted octanol–water partition coefficient (Wildman–Crippen LogP) is 5.12. The van der Waals surface area contributed by atoms with Crippen molar-refractivity contribution in [2.45, 2.75) is 24.9 Å². The summed E-state index contributed by atoms with van der Waals surface area (Å²) in [6, 6.07) is 30.3. The second-order valence-corrected chi connectivity index (χ2v) is 5.87. The van der Waals surface area contributed by atoms with E-state index in [-0.39, 0.29) is 5.92 Å². The zero-order chi connectivity index (χ0) is 16.1.